The van der Waals surface area contributed by atoms with E-state index in [-0.39, 0.29) is 30.5 Å². The van der Waals surface area contributed by atoms with Crippen molar-refractivity contribution >= 4 is 15.8 Å². The number of halogens is 1. The van der Waals surface area contributed by atoms with Crippen molar-refractivity contribution in [2.24, 2.45) is 0 Å². The highest BCUT2D eigenvalue weighted by Crippen LogP contribution is 2.10. The van der Waals surface area contributed by atoms with Crippen molar-refractivity contribution in [1.29, 1.82) is 0 Å². The van der Waals surface area contributed by atoms with Crippen molar-refractivity contribution < 1.29 is 22.3 Å². The minimum absolute atomic E-state index is 0.0298. The molecule has 128 valence electrons. The van der Waals surface area contributed by atoms with Gasteiger partial charge >= 0.3 is 0 Å². The molecule has 0 unspecified atom stereocenters. The molecule has 0 aromatic heterocycles. The van der Waals surface area contributed by atoms with E-state index in [1.807, 2.05) is 4.90 Å². The summed E-state index contributed by atoms with van der Waals surface area (Å²) in [6, 6.07) is 5.44. The van der Waals surface area contributed by atoms with Gasteiger partial charge in [0.25, 0.3) is 0 Å². The quantitative estimate of drug-likeness (QED) is 0.678. The summed E-state index contributed by atoms with van der Waals surface area (Å²) >= 11 is 0. The molecule has 1 heterocycles. The maximum atomic E-state index is 12.9. The van der Waals surface area contributed by atoms with E-state index in [4.69, 9.17) is 4.74 Å². The fourth-order valence-corrected chi connectivity index (χ4v) is 3.77. The Labute approximate surface area is 135 Å². The lowest BCUT2D eigenvalue weighted by Gasteiger charge is -2.33. The number of piperazine rings is 1. The first kappa shape index (κ1) is 18.0. The molecule has 23 heavy (non-hydrogen) atoms. The van der Waals surface area contributed by atoms with Crippen LogP contribution in [0, 0.1) is 5.82 Å². The molecule has 1 aromatic rings. The number of carbonyl (C=O) groups is 1. The maximum Gasteiger partial charge on any atom is 0.216 e. The minimum atomic E-state index is -3.30. The second kappa shape index (κ2) is 7.96. The van der Waals surface area contributed by atoms with Gasteiger partial charge in [0.1, 0.15) is 5.82 Å². The number of Topliss-reactive ketones (excluding diaryl/α,β-unsaturated/α-hetero) is 1. The maximum absolute atomic E-state index is 12.9. The number of ketones is 1. The lowest BCUT2D eigenvalue weighted by molar-refractivity contribution is 0.0901. The lowest BCUT2D eigenvalue weighted by Crippen LogP contribution is -2.50. The Kier molecular flexibility index (Phi) is 6.23. The Balaban J connectivity index is 1.85. The van der Waals surface area contributed by atoms with Crippen LogP contribution in [0.5, 0.6) is 0 Å². The van der Waals surface area contributed by atoms with Crippen molar-refractivity contribution in [2.75, 3.05) is 52.2 Å². The average Bonchev–Trinajstić information content (AvgIpc) is 2.54. The van der Waals surface area contributed by atoms with Gasteiger partial charge in [-0.2, -0.15) is 4.31 Å². The second-order valence-electron chi connectivity index (χ2n) is 5.41. The zero-order valence-corrected chi connectivity index (χ0v) is 13.9. The van der Waals surface area contributed by atoms with Crippen LogP contribution in [0.25, 0.3) is 0 Å². The zero-order valence-electron chi connectivity index (χ0n) is 13.1. The molecule has 0 spiro atoms. The summed E-state index contributed by atoms with van der Waals surface area (Å²) in [5, 5.41) is 0. The number of hydrogen-bond donors (Lipinski definition) is 0. The molecule has 1 aliphatic rings. The summed E-state index contributed by atoms with van der Waals surface area (Å²) in [5.74, 6) is -0.505. The van der Waals surface area contributed by atoms with Crippen LogP contribution in [0.4, 0.5) is 4.39 Å². The predicted molar refractivity (Wildman–Crippen MR) is 84.4 cm³/mol. The lowest BCUT2D eigenvalue weighted by atomic mass is 10.1. The summed E-state index contributed by atoms with van der Waals surface area (Å²) in [7, 11) is -1.83. The van der Waals surface area contributed by atoms with Crippen molar-refractivity contribution in [3.63, 3.8) is 0 Å². The normalized spacial score (nSPS) is 17.3. The summed E-state index contributed by atoms with van der Waals surface area (Å²) in [4.78, 5) is 14.0. The number of hydrogen-bond acceptors (Lipinski definition) is 5. The van der Waals surface area contributed by atoms with Crippen molar-refractivity contribution in [1.82, 2.24) is 9.21 Å². The first-order valence-corrected chi connectivity index (χ1v) is 9.01. The van der Waals surface area contributed by atoms with Crippen LogP contribution in [0.15, 0.2) is 24.3 Å². The number of methoxy groups -OCH3 is 1. The minimum Gasteiger partial charge on any atom is -0.384 e. The summed E-state index contributed by atoms with van der Waals surface area (Å²) in [6.07, 6.45) is 0. The van der Waals surface area contributed by atoms with Gasteiger partial charge in [0.15, 0.2) is 5.78 Å². The van der Waals surface area contributed by atoms with E-state index < -0.39 is 10.0 Å². The Morgan fingerprint density at radius 1 is 1.17 bits per heavy atom. The standard InChI is InChI=1S/C15H21FN2O4S/c1-22-10-11-23(20,21)18-8-6-17(7-9-18)12-15(19)13-2-4-14(16)5-3-13/h2-5H,6-12H2,1H3. The van der Waals surface area contributed by atoms with Crippen molar-refractivity contribution in [3.8, 4) is 0 Å². The van der Waals surface area contributed by atoms with Gasteiger partial charge in [-0.05, 0) is 24.3 Å². The topological polar surface area (TPSA) is 66.9 Å². The van der Waals surface area contributed by atoms with E-state index in [0.717, 1.165) is 0 Å². The highest BCUT2D eigenvalue weighted by Gasteiger charge is 2.27. The largest absolute Gasteiger partial charge is 0.384 e. The van der Waals surface area contributed by atoms with Crippen molar-refractivity contribution in [3.05, 3.63) is 35.6 Å². The van der Waals surface area contributed by atoms with Crippen LogP contribution in [0.1, 0.15) is 10.4 Å². The summed E-state index contributed by atoms with van der Waals surface area (Å²) < 4.78 is 43.2. The zero-order chi connectivity index (χ0) is 16.9. The smallest absolute Gasteiger partial charge is 0.216 e. The van der Waals surface area contributed by atoms with Gasteiger partial charge in [0, 0.05) is 38.9 Å². The van der Waals surface area contributed by atoms with E-state index in [9.17, 15) is 17.6 Å². The van der Waals surface area contributed by atoms with Gasteiger partial charge in [-0.25, -0.2) is 12.8 Å². The number of benzene rings is 1. The Hall–Kier alpha value is -1.35. The molecule has 0 saturated carbocycles. The number of carbonyl (C=O) groups excluding carboxylic acids is 1. The van der Waals surface area contributed by atoms with Gasteiger partial charge in [-0.3, -0.25) is 9.69 Å². The molecule has 1 aromatic carbocycles. The Bertz CT molecular complexity index is 625. The third-order valence-electron chi connectivity index (χ3n) is 3.80. The van der Waals surface area contributed by atoms with E-state index in [1.165, 1.54) is 35.7 Å². The average molecular weight is 344 g/mol. The molecule has 6 nitrogen and oxygen atoms in total. The summed E-state index contributed by atoms with van der Waals surface area (Å²) in [6.45, 7) is 2.10. The van der Waals surface area contributed by atoms with Crippen LogP contribution < -0.4 is 0 Å². The SMILES string of the molecule is COCCS(=O)(=O)N1CCN(CC(=O)c2ccc(F)cc2)CC1. The molecule has 2 rings (SSSR count). The van der Waals surface area contributed by atoms with Crippen LogP contribution in [-0.4, -0.2) is 75.6 Å². The van der Waals surface area contributed by atoms with E-state index in [0.29, 0.717) is 31.7 Å². The molecule has 1 saturated heterocycles. The summed E-state index contributed by atoms with van der Waals surface area (Å²) in [5.41, 5.74) is 0.460. The molecule has 1 aliphatic heterocycles. The predicted octanol–water partition coefficient (Wildman–Crippen LogP) is 0.602. The van der Waals surface area contributed by atoms with Crippen LogP contribution >= 0.6 is 0 Å². The molecule has 0 radical (unpaired) electrons. The highest BCUT2D eigenvalue weighted by molar-refractivity contribution is 7.89. The number of sulfonamides is 1. The number of nitrogens with zero attached hydrogens (tertiary/aromatic N) is 2. The van der Waals surface area contributed by atoms with Gasteiger partial charge in [0.2, 0.25) is 10.0 Å². The van der Waals surface area contributed by atoms with Gasteiger partial charge in [-0.1, -0.05) is 0 Å². The molecular formula is C15H21FN2O4S. The molecular weight excluding hydrogens is 323 g/mol. The Morgan fingerprint density at radius 2 is 1.78 bits per heavy atom. The number of ether oxygens (including phenoxy) is 1. The third-order valence-corrected chi connectivity index (χ3v) is 5.64. The van der Waals surface area contributed by atoms with Crippen LogP contribution in [-0.2, 0) is 14.8 Å². The van der Waals surface area contributed by atoms with Crippen LogP contribution in [0.2, 0.25) is 0 Å². The highest BCUT2D eigenvalue weighted by atomic mass is 32.2. The molecule has 0 amide bonds. The Morgan fingerprint density at radius 3 is 2.35 bits per heavy atom. The van der Waals surface area contributed by atoms with Crippen LogP contribution in [0.3, 0.4) is 0 Å². The first-order chi connectivity index (χ1) is 10.9. The van der Waals surface area contributed by atoms with E-state index in [1.54, 1.807) is 0 Å². The molecule has 0 atom stereocenters. The van der Waals surface area contributed by atoms with E-state index in [2.05, 4.69) is 0 Å². The first-order valence-electron chi connectivity index (χ1n) is 7.40. The van der Waals surface area contributed by atoms with Crippen molar-refractivity contribution in [2.45, 2.75) is 0 Å². The number of rotatable bonds is 7. The molecule has 8 heteroatoms. The molecule has 0 N–H and O–H groups in total. The van der Waals surface area contributed by atoms with Gasteiger partial charge in [0.05, 0.1) is 18.9 Å². The second-order valence-corrected chi connectivity index (χ2v) is 7.50. The molecule has 1 fully saturated rings. The van der Waals surface area contributed by atoms with Gasteiger partial charge in [-0.15, -0.1) is 0 Å². The molecule has 0 aliphatic carbocycles. The fraction of sp³-hybridized carbons (Fsp3) is 0.533. The van der Waals surface area contributed by atoms with E-state index >= 15 is 0 Å². The molecule has 0 bridgehead atoms. The fourth-order valence-electron chi connectivity index (χ4n) is 2.41. The van der Waals surface area contributed by atoms with Gasteiger partial charge < -0.3 is 4.74 Å². The third kappa shape index (κ3) is 5.07. The monoisotopic (exact) mass is 344 g/mol.